The fourth-order valence-corrected chi connectivity index (χ4v) is 7.55. The number of aromatic nitrogens is 6. The minimum Gasteiger partial charge on any atom is -0.387 e. The van der Waals surface area contributed by atoms with Gasteiger partial charge in [0.05, 0.1) is 46.9 Å². The van der Waals surface area contributed by atoms with Gasteiger partial charge < -0.3 is 39.8 Å². The van der Waals surface area contributed by atoms with E-state index in [0.717, 1.165) is 6.33 Å². The molecule has 7 rings (SSSR count). The zero-order valence-corrected chi connectivity index (χ0v) is 25.7. The van der Waals surface area contributed by atoms with Gasteiger partial charge in [0, 0.05) is 0 Å². The van der Waals surface area contributed by atoms with Crippen molar-refractivity contribution in [3.8, 4) is 0 Å². The van der Waals surface area contributed by atoms with Crippen LogP contribution in [0.5, 0.6) is 0 Å². The molecule has 0 aliphatic carbocycles. The maximum absolute atomic E-state index is 13.2. The van der Waals surface area contributed by atoms with Gasteiger partial charge in [0.1, 0.15) is 48.5 Å². The van der Waals surface area contributed by atoms with Crippen molar-refractivity contribution in [2.45, 2.75) is 49.1 Å². The van der Waals surface area contributed by atoms with E-state index in [1.165, 1.54) is 33.9 Å². The molecular weight excluding hydrogens is 687 g/mol. The molecule has 6 heterocycles. The molecule has 4 aromatic rings. The van der Waals surface area contributed by atoms with E-state index in [2.05, 4.69) is 19.9 Å². The standard InChI is InChI=1S/C22H23Cl2N7O12P2/c23-8-1-10-11(2-9(8)24)30(6-28-10)21-17-15(32)12(40-21)3-38-45(36,37)43-18-16(33)13(4-39-44(34,35)42-17)41-22(18)31-7-29-14-19(25)26-5-27-20(14)31/h1-2,5-7,12-13,15-18,21-22,32-33H,3-4H2,(H,34,35)(H,36,37)(H2,25,26,27)/t12-,13-,15?,16?,17?,18?,21-,22-/m1/s1. The number of halogens is 2. The van der Waals surface area contributed by atoms with Gasteiger partial charge in [-0.25, -0.2) is 29.1 Å². The van der Waals surface area contributed by atoms with E-state index in [1.807, 2.05) is 0 Å². The predicted molar refractivity (Wildman–Crippen MR) is 151 cm³/mol. The summed E-state index contributed by atoms with van der Waals surface area (Å²) in [7, 11) is -10.1. The zero-order chi connectivity index (χ0) is 31.8. The number of nitrogens with two attached hydrogens (primary N) is 1. The van der Waals surface area contributed by atoms with Crippen LogP contribution in [0.3, 0.4) is 0 Å². The Morgan fingerprint density at radius 3 is 2.00 bits per heavy atom. The molecule has 1 aromatic carbocycles. The van der Waals surface area contributed by atoms with Crippen molar-refractivity contribution in [3.63, 3.8) is 0 Å². The zero-order valence-electron chi connectivity index (χ0n) is 22.4. The van der Waals surface area contributed by atoms with Crippen LogP contribution in [0.15, 0.2) is 31.1 Å². The monoisotopic (exact) mass is 709 g/mol. The number of aliphatic hydroxyl groups excluding tert-OH is 2. The summed E-state index contributed by atoms with van der Waals surface area (Å²) < 4.78 is 61.9. The summed E-state index contributed by atoms with van der Waals surface area (Å²) in [5, 5.41) is 22.6. The lowest BCUT2D eigenvalue weighted by atomic mass is 10.1. The van der Waals surface area contributed by atoms with E-state index in [9.17, 15) is 29.1 Å². The van der Waals surface area contributed by atoms with Crippen LogP contribution in [-0.2, 0) is 36.7 Å². The van der Waals surface area contributed by atoms with Gasteiger partial charge in [-0.15, -0.1) is 0 Å². The molecule has 3 aliphatic rings. The van der Waals surface area contributed by atoms with Gasteiger partial charge in [-0.2, -0.15) is 0 Å². The summed E-state index contributed by atoms with van der Waals surface area (Å²) in [4.78, 5) is 37.7. The Morgan fingerprint density at radius 1 is 0.822 bits per heavy atom. The van der Waals surface area contributed by atoms with Crippen LogP contribution in [0.1, 0.15) is 12.5 Å². The van der Waals surface area contributed by atoms with Gasteiger partial charge in [-0.1, -0.05) is 23.2 Å². The summed E-state index contributed by atoms with van der Waals surface area (Å²) in [6.45, 7) is -1.54. The van der Waals surface area contributed by atoms with Crippen LogP contribution < -0.4 is 5.73 Å². The van der Waals surface area contributed by atoms with Crippen molar-refractivity contribution in [2.75, 3.05) is 18.9 Å². The Kier molecular flexibility index (Phi) is 7.95. The number of fused-ring (bicyclic) bond motifs is 6. The molecule has 45 heavy (non-hydrogen) atoms. The highest BCUT2D eigenvalue weighted by molar-refractivity contribution is 7.47. The van der Waals surface area contributed by atoms with Gasteiger partial charge in [-0.3, -0.25) is 22.7 Å². The molecule has 3 saturated heterocycles. The van der Waals surface area contributed by atoms with E-state index < -0.39 is 77.9 Å². The first-order valence-electron chi connectivity index (χ1n) is 13.0. The molecule has 0 saturated carbocycles. The van der Waals surface area contributed by atoms with Crippen LogP contribution >= 0.6 is 38.8 Å². The second-order valence-corrected chi connectivity index (χ2v) is 13.9. The Balaban J connectivity index is 1.22. The quantitative estimate of drug-likeness (QED) is 0.184. The van der Waals surface area contributed by atoms with Crippen LogP contribution in [0.2, 0.25) is 10.0 Å². The maximum atomic E-state index is 13.2. The molecule has 23 heteroatoms. The number of phosphoric acid groups is 2. The van der Waals surface area contributed by atoms with E-state index in [4.69, 9.17) is 56.5 Å². The Hall–Kier alpha value is -2.32. The molecule has 3 aliphatic heterocycles. The van der Waals surface area contributed by atoms with Crippen molar-refractivity contribution in [1.29, 1.82) is 0 Å². The van der Waals surface area contributed by atoms with Gasteiger partial charge in [0.15, 0.2) is 23.9 Å². The number of nitrogens with zero attached hydrogens (tertiary/aromatic N) is 6. The normalized spacial score (nSPS) is 37.7. The van der Waals surface area contributed by atoms with Crippen LogP contribution in [0.4, 0.5) is 5.82 Å². The van der Waals surface area contributed by atoms with Crippen molar-refractivity contribution in [1.82, 2.24) is 29.1 Å². The van der Waals surface area contributed by atoms with Crippen molar-refractivity contribution in [3.05, 3.63) is 41.2 Å². The third-order valence-electron chi connectivity index (χ3n) is 7.49. The minimum absolute atomic E-state index is 0.0325. The highest BCUT2D eigenvalue weighted by atomic mass is 35.5. The van der Waals surface area contributed by atoms with Gasteiger partial charge in [0.25, 0.3) is 0 Å². The first-order valence-corrected chi connectivity index (χ1v) is 16.8. The molecule has 19 nitrogen and oxygen atoms in total. The number of aliphatic hydroxyl groups is 2. The number of hydrogen-bond acceptors (Lipinski definition) is 15. The number of rotatable bonds is 2. The number of phosphoric ester groups is 2. The summed E-state index contributed by atoms with van der Waals surface area (Å²) in [5.74, 6) is 0.0325. The Morgan fingerprint density at radius 2 is 1.38 bits per heavy atom. The fourth-order valence-electron chi connectivity index (χ4n) is 5.37. The van der Waals surface area contributed by atoms with E-state index >= 15 is 0 Å². The lowest BCUT2D eigenvalue weighted by Crippen LogP contribution is -2.38. The van der Waals surface area contributed by atoms with E-state index in [1.54, 1.807) is 0 Å². The first-order chi connectivity index (χ1) is 21.3. The van der Waals surface area contributed by atoms with Crippen LogP contribution in [-0.4, -0.2) is 98.9 Å². The first kappa shape index (κ1) is 31.3. The molecule has 0 radical (unpaired) electrons. The Labute approximate surface area is 261 Å². The largest absolute Gasteiger partial charge is 0.472 e. The van der Waals surface area contributed by atoms with Gasteiger partial charge in [-0.05, 0) is 12.1 Å². The molecule has 6 unspecified atom stereocenters. The third kappa shape index (κ3) is 5.66. The predicted octanol–water partition coefficient (Wildman–Crippen LogP) is 1.30. The molecule has 0 spiro atoms. The number of hydrogen-bond donors (Lipinski definition) is 5. The SMILES string of the molecule is Nc1ncnc2c1ncn2[C@@H]1O[C@@H]2COP(=O)(O)OC3C(O)[C@@H](COP(=O)(O)OC1C2O)O[C@H]3n1cnc2cc(Cl)c(Cl)cc21. The maximum Gasteiger partial charge on any atom is 0.472 e. The lowest BCUT2D eigenvalue weighted by molar-refractivity contribution is -0.0674. The van der Waals surface area contributed by atoms with Crippen molar-refractivity contribution in [2.24, 2.45) is 0 Å². The third-order valence-corrected chi connectivity index (χ3v) is 10.2. The average Bonchev–Trinajstić information content (AvgIpc) is 3.73. The van der Waals surface area contributed by atoms with Crippen molar-refractivity contribution >= 4 is 66.9 Å². The number of ether oxygens (including phenoxy) is 2. The summed E-state index contributed by atoms with van der Waals surface area (Å²) in [6, 6.07) is 2.94. The van der Waals surface area contributed by atoms with Crippen molar-refractivity contribution < 1.29 is 56.7 Å². The number of benzene rings is 1. The molecule has 242 valence electrons. The molecule has 0 amide bonds. The molecule has 6 N–H and O–H groups in total. The summed E-state index contributed by atoms with van der Waals surface area (Å²) >= 11 is 12.3. The van der Waals surface area contributed by atoms with Gasteiger partial charge >= 0.3 is 15.6 Å². The van der Waals surface area contributed by atoms with Crippen LogP contribution in [0.25, 0.3) is 22.2 Å². The smallest absolute Gasteiger partial charge is 0.387 e. The minimum atomic E-state index is -5.03. The molecule has 3 aromatic heterocycles. The van der Waals surface area contributed by atoms with Gasteiger partial charge in [0.2, 0.25) is 0 Å². The summed E-state index contributed by atoms with van der Waals surface area (Å²) in [6.07, 6.45) is -8.50. The second-order valence-electron chi connectivity index (χ2n) is 10.3. The number of anilines is 1. The Bertz CT molecular complexity index is 1880. The topological polar surface area (TPSA) is 258 Å². The molecule has 3 fully saturated rings. The summed E-state index contributed by atoms with van der Waals surface area (Å²) in [5.41, 5.74) is 6.90. The van der Waals surface area contributed by atoms with Crippen LogP contribution in [0, 0.1) is 0 Å². The number of nitrogen functional groups attached to an aromatic ring is 1. The van der Waals surface area contributed by atoms with E-state index in [-0.39, 0.29) is 27.0 Å². The molecular formula is C22H23Cl2N7O12P2. The average molecular weight is 710 g/mol. The molecule has 10 atom stereocenters. The molecule has 4 bridgehead atoms. The second kappa shape index (κ2) is 11.4. The highest BCUT2D eigenvalue weighted by Gasteiger charge is 2.53. The fraction of sp³-hybridized carbons (Fsp3) is 0.455. The number of imidazole rings is 2. The van der Waals surface area contributed by atoms with E-state index in [0.29, 0.717) is 11.0 Å². The highest BCUT2D eigenvalue weighted by Crippen LogP contribution is 2.54. The lowest BCUT2D eigenvalue weighted by Gasteiger charge is -2.26.